The van der Waals surface area contributed by atoms with Crippen LogP contribution in [0, 0.1) is 5.92 Å². The van der Waals surface area contributed by atoms with Gasteiger partial charge < -0.3 is 15.4 Å². The van der Waals surface area contributed by atoms with E-state index in [9.17, 15) is 4.79 Å². The summed E-state index contributed by atoms with van der Waals surface area (Å²) in [6.07, 6.45) is 3.81. The molecule has 7 heteroatoms. The Morgan fingerprint density at radius 3 is 2.46 bits per heavy atom. The molecule has 0 radical (unpaired) electrons. The maximum Gasteiger partial charge on any atom is 0.239 e. The third-order valence-corrected chi connectivity index (χ3v) is 6.17. The first kappa shape index (κ1) is 25.2. The number of piperidine rings is 1. The Hall–Kier alpha value is -0.850. The highest BCUT2D eigenvalue weighted by Crippen LogP contribution is 2.25. The van der Waals surface area contributed by atoms with Gasteiger partial charge in [0.1, 0.15) is 0 Å². The normalized spacial score (nSPS) is 24.5. The molecule has 0 spiro atoms. The molecule has 0 saturated carbocycles. The van der Waals surface area contributed by atoms with Crippen LogP contribution >= 0.6 is 24.8 Å². The topological polar surface area (TPSA) is 58.8 Å². The van der Waals surface area contributed by atoms with Gasteiger partial charge in [0.2, 0.25) is 5.91 Å². The minimum atomic E-state index is -0.387. The van der Waals surface area contributed by atoms with Crippen molar-refractivity contribution in [2.45, 2.75) is 57.3 Å². The van der Waals surface area contributed by atoms with E-state index in [0.717, 1.165) is 52.0 Å². The van der Waals surface area contributed by atoms with Crippen LogP contribution in [-0.4, -0.2) is 60.6 Å². The van der Waals surface area contributed by atoms with Crippen LogP contribution in [0.3, 0.4) is 0 Å². The summed E-state index contributed by atoms with van der Waals surface area (Å²) >= 11 is 0. The van der Waals surface area contributed by atoms with Crippen molar-refractivity contribution in [3.8, 4) is 0 Å². The van der Waals surface area contributed by atoms with Gasteiger partial charge in [0.25, 0.3) is 0 Å². The van der Waals surface area contributed by atoms with E-state index in [1.54, 1.807) is 0 Å². The minimum absolute atomic E-state index is 0. The van der Waals surface area contributed by atoms with Crippen LogP contribution in [0.25, 0.3) is 0 Å². The summed E-state index contributed by atoms with van der Waals surface area (Å²) in [7, 11) is 1.94. The lowest BCUT2D eigenvalue weighted by atomic mass is 9.90. The van der Waals surface area contributed by atoms with E-state index in [-0.39, 0.29) is 48.7 Å². The molecule has 2 fully saturated rings. The molecular weight excluding hydrogens is 397 g/mol. The Morgan fingerprint density at radius 2 is 1.86 bits per heavy atom. The van der Waals surface area contributed by atoms with Crippen molar-refractivity contribution in [3.63, 3.8) is 0 Å². The fourth-order valence-electron chi connectivity index (χ4n) is 4.29. The molecule has 1 amide bonds. The van der Waals surface area contributed by atoms with Crippen molar-refractivity contribution in [3.05, 3.63) is 35.9 Å². The Bertz CT molecular complexity index is 584. The highest BCUT2D eigenvalue weighted by molar-refractivity contribution is 5.85. The Kier molecular flexibility index (Phi) is 10.8. The first-order valence-electron chi connectivity index (χ1n) is 9.94. The number of hydrogen-bond acceptors (Lipinski definition) is 4. The quantitative estimate of drug-likeness (QED) is 0.777. The van der Waals surface area contributed by atoms with Gasteiger partial charge in [-0.3, -0.25) is 9.69 Å². The fourth-order valence-corrected chi connectivity index (χ4v) is 4.29. The van der Waals surface area contributed by atoms with Crippen molar-refractivity contribution in [2.75, 3.05) is 26.8 Å². The van der Waals surface area contributed by atoms with E-state index in [4.69, 9.17) is 10.5 Å². The van der Waals surface area contributed by atoms with Crippen LogP contribution in [0.4, 0.5) is 0 Å². The van der Waals surface area contributed by atoms with E-state index in [0.29, 0.717) is 6.04 Å². The zero-order chi connectivity index (χ0) is 18.5. The van der Waals surface area contributed by atoms with Gasteiger partial charge in [-0.1, -0.05) is 30.3 Å². The number of nitrogens with two attached hydrogens (primary N) is 1. The van der Waals surface area contributed by atoms with Crippen LogP contribution < -0.4 is 5.73 Å². The van der Waals surface area contributed by atoms with Gasteiger partial charge in [-0.05, 0) is 44.1 Å². The molecule has 2 N–H and O–H groups in total. The van der Waals surface area contributed by atoms with Gasteiger partial charge in [0.05, 0.1) is 6.04 Å². The number of halogens is 2. The third kappa shape index (κ3) is 6.33. The molecule has 160 valence electrons. The zero-order valence-corrected chi connectivity index (χ0v) is 18.6. The maximum absolute atomic E-state index is 12.9. The second-order valence-corrected chi connectivity index (χ2v) is 7.91. The average Bonchev–Trinajstić information content (AvgIpc) is 2.69. The first-order valence-corrected chi connectivity index (χ1v) is 9.94. The molecule has 28 heavy (non-hydrogen) atoms. The number of carbonyl (C=O) groups excluding carboxylic acids is 1. The number of likely N-dealkylation sites (tertiary alicyclic amines) is 1. The van der Waals surface area contributed by atoms with E-state index in [2.05, 4.69) is 42.2 Å². The van der Waals surface area contributed by atoms with Gasteiger partial charge in [-0.2, -0.15) is 0 Å². The molecule has 3 unspecified atom stereocenters. The van der Waals surface area contributed by atoms with Crippen molar-refractivity contribution in [1.29, 1.82) is 0 Å². The van der Waals surface area contributed by atoms with E-state index in [1.807, 2.05) is 11.9 Å². The molecule has 2 aliphatic heterocycles. The number of benzene rings is 1. The average molecular weight is 432 g/mol. The van der Waals surface area contributed by atoms with Gasteiger partial charge >= 0.3 is 0 Å². The largest absolute Gasteiger partial charge is 0.381 e. The molecule has 0 aliphatic carbocycles. The van der Waals surface area contributed by atoms with E-state index < -0.39 is 0 Å². The molecule has 0 aromatic heterocycles. The van der Waals surface area contributed by atoms with Gasteiger partial charge in [0, 0.05) is 45.4 Å². The summed E-state index contributed by atoms with van der Waals surface area (Å²) in [5.74, 6) is 0.361. The fraction of sp³-hybridized carbons (Fsp3) is 0.667. The lowest BCUT2D eigenvalue weighted by Crippen LogP contribution is -2.54. The molecule has 5 nitrogen and oxygen atoms in total. The summed E-state index contributed by atoms with van der Waals surface area (Å²) < 4.78 is 5.40. The molecule has 1 aromatic rings. The number of rotatable bonds is 5. The first-order chi connectivity index (χ1) is 12.6. The number of hydrogen-bond donors (Lipinski definition) is 1. The summed E-state index contributed by atoms with van der Waals surface area (Å²) in [5, 5.41) is 0. The number of ether oxygens (including phenoxy) is 1. The predicted molar refractivity (Wildman–Crippen MR) is 118 cm³/mol. The van der Waals surface area contributed by atoms with Crippen molar-refractivity contribution >= 4 is 30.7 Å². The monoisotopic (exact) mass is 431 g/mol. The molecule has 0 bridgehead atoms. The summed E-state index contributed by atoms with van der Waals surface area (Å²) in [4.78, 5) is 17.3. The second kappa shape index (κ2) is 12.0. The van der Waals surface area contributed by atoms with Crippen LogP contribution in [-0.2, 0) is 16.1 Å². The van der Waals surface area contributed by atoms with Gasteiger partial charge in [0.15, 0.2) is 0 Å². The van der Waals surface area contributed by atoms with Crippen LogP contribution in [0.2, 0.25) is 0 Å². The smallest absolute Gasteiger partial charge is 0.239 e. The molecule has 2 heterocycles. The van der Waals surface area contributed by atoms with Crippen LogP contribution in [0.1, 0.15) is 38.2 Å². The summed E-state index contributed by atoms with van der Waals surface area (Å²) in [6.45, 7) is 5.72. The number of carbonyl (C=O) groups is 1. The number of nitrogens with zero attached hydrogens (tertiary/aromatic N) is 2. The molecule has 1 aromatic carbocycles. The Morgan fingerprint density at radius 1 is 1.21 bits per heavy atom. The van der Waals surface area contributed by atoms with Crippen molar-refractivity contribution in [2.24, 2.45) is 11.7 Å². The standard InChI is InChI=1S/C21H33N3O2.2ClH/c1-16-14-19(8-11-24(16)15-17-6-4-3-5-7-17)23(2)21(25)20(22)18-9-12-26-13-10-18;;/h3-7,16,18-20H,8-15,22H2,1-2H3;2*1H. The molecule has 3 atom stereocenters. The highest BCUT2D eigenvalue weighted by Gasteiger charge is 2.34. The molecular formula is C21H35Cl2N3O2. The predicted octanol–water partition coefficient (Wildman–Crippen LogP) is 3.10. The van der Waals surface area contributed by atoms with Crippen LogP contribution in [0.15, 0.2) is 30.3 Å². The Labute approximate surface area is 181 Å². The van der Waals surface area contributed by atoms with Crippen molar-refractivity contribution in [1.82, 2.24) is 9.80 Å². The lowest BCUT2D eigenvalue weighted by molar-refractivity contribution is -0.136. The minimum Gasteiger partial charge on any atom is -0.381 e. The zero-order valence-electron chi connectivity index (χ0n) is 17.0. The van der Waals surface area contributed by atoms with Gasteiger partial charge in [-0.25, -0.2) is 0 Å². The van der Waals surface area contributed by atoms with E-state index in [1.165, 1.54) is 5.56 Å². The highest BCUT2D eigenvalue weighted by atomic mass is 35.5. The van der Waals surface area contributed by atoms with Crippen LogP contribution in [0.5, 0.6) is 0 Å². The molecule has 3 rings (SSSR count). The molecule has 2 saturated heterocycles. The van der Waals surface area contributed by atoms with Crippen molar-refractivity contribution < 1.29 is 9.53 Å². The van der Waals surface area contributed by atoms with Gasteiger partial charge in [-0.15, -0.1) is 24.8 Å². The maximum atomic E-state index is 12.9. The third-order valence-electron chi connectivity index (χ3n) is 6.17. The SMILES string of the molecule is CC1CC(N(C)C(=O)C(N)C2CCOCC2)CCN1Cc1ccccc1.Cl.Cl. The summed E-state index contributed by atoms with van der Waals surface area (Å²) in [6, 6.07) is 11.0. The number of likely N-dealkylation sites (N-methyl/N-ethyl adjacent to an activating group) is 1. The second-order valence-electron chi connectivity index (χ2n) is 7.91. The summed E-state index contributed by atoms with van der Waals surface area (Å²) in [5.41, 5.74) is 7.66. The number of amides is 1. The lowest BCUT2D eigenvalue weighted by Gasteiger charge is -2.42. The van der Waals surface area contributed by atoms with E-state index >= 15 is 0 Å². The Balaban J connectivity index is 0.00000196. The molecule has 2 aliphatic rings.